The molecule has 240 valence electrons. The van der Waals surface area contributed by atoms with E-state index in [1.54, 1.807) is 68.4 Å². The van der Waals surface area contributed by atoms with E-state index in [2.05, 4.69) is 5.59 Å². The second-order valence-corrected chi connectivity index (χ2v) is 13.7. The number of nitrogens with two attached hydrogens (primary N) is 2. The number of nitrogens with one attached hydrogen (secondary N) is 2. The topological polar surface area (TPSA) is 192 Å². The van der Waals surface area contributed by atoms with Crippen LogP contribution in [0.1, 0.15) is 26.7 Å². The first kappa shape index (κ1) is 33.8. The molecule has 0 amide bonds. The maximum atomic E-state index is 13.7. The molecule has 0 fully saturated rings. The second kappa shape index (κ2) is 14.3. The van der Waals surface area contributed by atoms with E-state index in [1.807, 2.05) is 18.2 Å². The highest BCUT2D eigenvalue weighted by Gasteiger charge is 2.32. The Morgan fingerprint density at radius 2 is 1.33 bits per heavy atom. The lowest BCUT2D eigenvalue weighted by atomic mass is 10.1. The lowest BCUT2D eigenvalue weighted by Gasteiger charge is -2.33. The van der Waals surface area contributed by atoms with E-state index < -0.39 is 38.0 Å². The summed E-state index contributed by atoms with van der Waals surface area (Å²) >= 11 is 0. The summed E-state index contributed by atoms with van der Waals surface area (Å²) in [5.74, 6) is -1.43. The number of rotatable bonds is 14. The summed E-state index contributed by atoms with van der Waals surface area (Å²) in [6, 6.07) is 22.7. The van der Waals surface area contributed by atoms with Crippen LogP contribution in [0.25, 0.3) is 21.5 Å². The van der Waals surface area contributed by atoms with Crippen LogP contribution in [0.15, 0.2) is 94.7 Å². The maximum absolute atomic E-state index is 13.7. The highest BCUT2D eigenvalue weighted by atomic mass is 32.2. The molecule has 1 atom stereocenters. The van der Waals surface area contributed by atoms with E-state index in [-0.39, 0.29) is 42.3 Å². The first-order valence-corrected chi connectivity index (χ1v) is 17.2. The molecular formula is C30H37N7O6S2. The molecule has 4 rings (SSSR count). The Kier molecular flexibility index (Phi) is 10.7. The number of hydrogen-bond donors (Lipinski definition) is 4. The largest absolute Gasteiger partial charge is 0.369 e. The highest BCUT2D eigenvalue weighted by Crippen LogP contribution is 2.27. The van der Waals surface area contributed by atoms with Crippen LogP contribution in [0.2, 0.25) is 0 Å². The van der Waals surface area contributed by atoms with Crippen molar-refractivity contribution in [3.8, 4) is 0 Å². The molecule has 0 saturated heterocycles. The average molecular weight is 656 g/mol. The molecule has 0 aliphatic rings. The quantitative estimate of drug-likeness (QED) is 0.0892. The van der Waals surface area contributed by atoms with Crippen LogP contribution in [0.5, 0.6) is 0 Å². The number of carbonyl (C=O) groups is 1. The van der Waals surface area contributed by atoms with Crippen molar-refractivity contribution in [1.82, 2.24) is 19.4 Å². The fourth-order valence-electron chi connectivity index (χ4n) is 4.93. The zero-order valence-corrected chi connectivity index (χ0v) is 26.6. The molecule has 13 nitrogen and oxygen atoms in total. The van der Waals surface area contributed by atoms with Crippen LogP contribution in [0.3, 0.4) is 0 Å². The minimum atomic E-state index is -4.12. The summed E-state index contributed by atoms with van der Waals surface area (Å²) < 4.78 is 56.0. The van der Waals surface area contributed by atoms with E-state index in [0.29, 0.717) is 10.8 Å². The van der Waals surface area contributed by atoms with Crippen LogP contribution >= 0.6 is 0 Å². The van der Waals surface area contributed by atoms with Crippen molar-refractivity contribution in [3.63, 3.8) is 0 Å². The third-order valence-electron chi connectivity index (χ3n) is 7.16. The SMILES string of the molecule is CCN(NOC(=O)[C@@H](N)CCCN(C(=N)N)N(CC)S(=O)(=O)c1cccc2ccccc12)S(=O)(=O)c1cccc2ccccc12. The van der Waals surface area contributed by atoms with Crippen LogP contribution < -0.4 is 17.1 Å². The van der Waals surface area contributed by atoms with Gasteiger partial charge in [-0.05, 0) is 49.6 Å². The number of nitrogens with zero attached hydrogens (tertiary/aromatic N) is 3. The normalized spacial score (nSPS) is 12.9. The molecule has 0 radical (unpaired) electrons. The van der Waals surface area contributed by atoms with Crippen LogP contribution in [-0.4, -0.2) is 68.3 Å². The fourth-order valence-corrected chi connectivity index (χ4v) is 8.07. The van der Waals surface area contributed by atoms with E-state index >= 15 is 0 Å². The Hall–Kier alpha value is -4.12. The average Bonchev–Trinajstić information content (AvgIpc) is 3.03. The van der Waals surface area contributed by atoms with Gasteiger partial charge in [-0.25, -0.2) is 21.6 Å². The van der Waals surface area contributed by atoms with Gasteiger partial charge < -0.3 is 16.3 Å². The van der Waals surface area contributed by atoms with Gasteiger partial charge in [-0.15, -0.1) is 8.83 Å². The number of hydrazine groups is 2. The molecule has 0 aliphatic carbocycles. The highest BCUT2D eigenvalue weighted by molar-refractivity contribution is 7.89. The van der Waals surface area contributed by atoms with Crippen LogP contribution in [0, 0.1) is 5.41 Å². The van der Waals surface area contributed by atoms with Crippen molar-refractivity contribution < 1.29 is 26.5 Å². The summed E-state index contributed by atoms with van der Waals surface area (Å²) in [4.78, 5) is 17.8. The molecule has 0 aliphatic heterocycles. The number of benzene rings is 4. The molecular weight excluding hydrogens is 619 g/mol. The summed E-state index contributed by atoms with van der Waals surface area (Å²) in [7, 11) is -8.22. The van der Waals surface area contributed by atoms with Crippen molar-refractivity contribution in [2.24, 2.45) is 11.5 Å². The zero-order chi connectivity index (χ0) is 32.8. The molecule has 0 saturated carbocycles. The standard InChI is InChI=1S/C30H37N7O6S2/c1-3-36(44(39,40)27-19-9-14-22-12-5-7-16-24(22)27)34-43-29(38)26(31)18-11-21-35(30(32)33)37(4-2)45(41,42)28-20-10-15-23-13-6-8-17-25(23)28/h5-10,12-17,19-20,26,34H,3-4,11,18,21,31H2,1-2H3,(H3,32,33)/t26-/m0/s1. The number of guanidine groups is 1. The molecule has 6 N–H and O–H groups in total. The van der Waals surface area contributed by atoms with Crippen molar-refractivity contribution in [1.29, 1.82) is 5.41 Å². The predicted octanol–water partition coefficient (Wildman–Crippen LogP) is 2.90. The Balaban J connectivity index is 1.40. The first-order valence-electron chi connectivity index (χ1n) is 14.3. The monoisotopic (exact) mass is 655 g/mol. The Morgan fingerprint density at radius 3 is 1.84 bits per heavy atom. The minimum absolute atomic E-state index is 0.0127. The Bertz CT molecular complexity index is 1890. The van der Waals surface area contributed by atoms with E-state index in [9.17, 15) is 21.6 Å². The van der Waals surface area contributed by atoms with Crippen molar-refractivity contribution in [2.45, 2.75) is 42.5 Å². The van der Waals surface area contributed by atoms with Crippen molar-refractivity contribution >= 4 is 53.5 Å². The van der Waals surface area contributed by atoms with Crippen LogP contribution in [-0.2, 0) is 29.7 Å². The molecule has 4 aromatic carbocycles. The van der Waals surface area contributed by atoms with Crippen LogP contribution in [0.4, 0.5) is 0 Å². The number of fused-ring (bicyclic) bond motifs is 2. The summed E-state index contributed by atoms with van der Waals surface area (Å²) in [5.41, 5.74) is 14.1. The van der Waals surface area contributed by atoms with Gasteiger partial charge in [0.1, 0.15) is 6.04 Å². The third kappa shape index (κ3) is 7.24. The smallest absolute Gasteiger partial charge is 0.343 e. The van der Waals surface area contributed by atoms with Gasteiger partial charge in [0.2, 0.25) is 5.96 Å². The molecule has 0 aromatic heterocycles. The summed E-state index contributed by atoms with van der Waals surface area (Å²) in [6.45, 7) is 3.09. The van der Waals surface area contributed by atoms with E-state index in [4.69, 9.17) is 21.7 Å². The van der Waals surface area contributed by atoms with Gasteiger partial charge in [0.15, 0.2) is 0 Å². The molecule has 0 heterocycles. The number of sulfonamides is 2. The van der Waals surface area contributed by atoms with Gasteiger partial charge in [-0.2, -0.15) is 0 Å². The van der Waals surface area contributed by atoms with E-state index in [1.165, 1.54) is 12.1 Å². The zero-order valence-electron chi connectivity index (χ0n) is 25.0. The molecule has 4 aromatic rings. The van der Waals surface area contributed by atoms with Gasteiger partial charge in [-0.1, -0.05) is 78.4 Å². The molecule has 45 heavy (non-hydrogen) atoms. The maximum Gasteiger partial charge on any atom is 0.343 e. The second-order valence-electron chi connectivity index (χ2n) is 10.0. The van der Waals surface area contributed by atoms with Gasteiger partial charge in [0.05, 0.1) is 9.79 Å². The predicted molar refractivity (Wildman–Crippen MR) is 172 cm³/mol. The number of carbonyl (C=O) groups excluding carboxylic acids is 1. The molecule has 0 unspecified atom stereocenters. The summed E-state index contributed by atoms with van der Waals surface area (Å²) in [6.07, 6.45) is 0.182. The molecule has 15 heteroatoms. The minimum Gasteiger partial charge on any atom is -0.369 e. The third-order valence-corrected chi connectivity index (χ3v) is 10.9. The number of hydrogen-bond acceptors (Lipinski definition) is 9. The Morgan fingerprint density at radius 1 is 0.822 bits per heavy atom. The lowest BCUT2D eigenvalue weighted by Crippen LogP contribution is -2.52. The van der Waals surface area contributed by atoms with E-state index in [0.717, 1.165) is 24.6 Å². The van der Waals surface area contributed by atoms with Gasteiger partial charge >= 0.3 is 5.97 Å². The summed E-state index contributed by atoms with van der Waals surface area (Å²) in [5, 5.41) is 11.7. The van der Waals surface area contributed by atoms with Gasteiger partial charge in [0.25, 0.3) is 20.0 Å². The Labute approximate surface area is 262 Å². The van der Waals surface area contributed by atoms with Crippen molar-refractivity contribution in [3.05, 3.63) is 84.9 Å². The van der Waals surface area contributed by atoms with Gasteiger partial charge in [0, 0.05) is 30.4 Å². The van der Waals surface area contributed by atoms with Crippen molar-refractivity contribution in [2.75, 3.05) is 19.6 Å². The molecule has 0 bridgehead atoms. The molecule has 0 spiro atoms. The first-order chi connectivity index (χ1) is 21.4. The lowest BCUT2D eigenvalue weighted by molar-refractivity contribution is -0.160. The van der Waals surface area contributed by atoms with Gasteiger partial charge in [-0.3, -0.25) is 10.4 Å². The fraction of sp³-hybridized carbons (Fsp3) is 0.267.